The SMILES string of the molecule is COc1ccc([C@H](C)N2CCC(C)(c3ccc(OC)cc3)OC2=O)cc1. The topological polar surface area (TPSA) is 48.0 Å². The van der Waals surface area contributed by atoms with Crippen LogP contribution in [0.3, 0.4) is 0 Å². The number of hydrogen-bond donors (Lipinski definition) is 0. The van der Waals surface area contributed by atoms with E-state index >= 15 is 0 Å². The fourth-order valence-corrected chi connectivity index (χ4v) is 3.29. The zero-order valence-electron chi connectivity index (χ0n) is 15.7. The van der Waals surface area contributed by atoms with E-state index in [4.69, 9.17) is 14.2 Å². The molecule has 5 nitrogen and oxygen atoms in total. The molecule has 0 bridgehead atoms. The Morgan fingerprint density at radius 2 is 1.54 bits per heavy atom. The average Bonchev–Trinajstić information content (AvgIpc) is 2.67. The Bertz CT molecular complexity index is 757. The van der Waals surface area contributed by atoms with E-state index in [1.165, 1.54) is 0 Å². The number of ether oxygens (including phenoxy) is 3. The van der Waals surface area contributed by atoms with Crippen molar-refractivity contribution in [2.75, 3.05) is 20.8 Å². The third-order valence-electron chi connectivity index (χ3n) is 5.14. The lowest BCUT2D eigenvalue weighted by Crippen LogP contribution is -2.47. The predicted molar refractivity (Wildman–Crippen MR) is 99.6 cm³/mol. The molecule has 1 heterocycles. The van der Waals surface area contributed by atoms with Crippen LogP contribution in [-0.2, 0) is 10.3 Å². The summed E-state index contributed by atoms with van der Waals surface area (Å²) in [5.74, 6) is 1.59. The normalized spacial score (nSPS) is 21.1. The van der Waals surface area contributed by atoms with Crippen LogP contribution in [0.25, 0.3) is 0 Å². The van der Waals surface area contributed by atoms with Gasteiger partial charge in [-0.3, -0.25) is 0 Å². The van der Waals surface area contributed by atoms with E-state index in [9.17, 15) is 4.79 Å². The molecule has 0 N–H and O–H groups in total. The summed E-state index contributed by atoms with van der Waals surface area (Å²) in [6.45, 7) is 4.61. The first-order valence-corrected chi connectivity index (χ1v) is 8.75. The van der Waals surface area contributed by atoms with Crippen molar-refractivity contribution in [2.24, 2.45) is 0 Å². The van der Waals surface area contributed by atoms with Gasteiger partial charge in [-0.1, -0.05) is 24.3 Å². The molecule has 1 aliphatic heterocycles. The smallest absolute Gasteiger partial charge is 0.411 e. The van der Waals surface area contributed by atoms with Gasteiger partial charge in [0.05, 0.1) is 20.3 Å². The van der Waals surface area contributed by atoms with Crippen molar-refractivity contribution < 1.29 is 19.0 Å². The average molecular weight is 355 g/mol. The largest absolute Gasteiger partial charge is 0.497 e. The zero-order valence-corrected chi connectivity index (χ0v) is 15.7. The molecule has 138 valence electrons. The number of methoxy groups -OCH3 is 2. The van der Waals surface area contributed by atoms with Crippen LogP contribution >= 0.6 is 0 Å². The van der Waals surface area contributed by atoms with Gasteiger partial charge in [0.15, 0.2) is 0 Å². The molecule has 1 saturated heterocycles. The van der Waals surface area contributed by atoms with Crippen molar-refractivity contribution in [1.82, 2.24) is 4.90 Å². The molecule has 1 fully saturated rings. The molecule has 5 heteroatoms. The number of benzene rings is 2. The molecule has 0 spiro atoms. The molecule has 0 saturated carbocycles. The summed E-state index contributed by atoms with van der Waals surface area (Å²) in [5.41, 5.74) is 1.40. The fourth-order valence-electron chi connectivity index (χ4n) is 3.29. The van der Waals surface area contributed by atoms with Crippen LogP contribution in [0.1, 0.15) is 37.4 Å². The highest BCUT2D eigenvalue weighted by Gasteiger charge is 2.40. The molecule has 2 aromatic carbocycles. The standard InChI is InChI=1S/C21H25NO4/c1-15(16-5-9-18(24-3)10-6-16)22-14-13-21(2,26-20(22)23)17-7-11-19(25-4)12-8-17/h5-12,15H,13-14H2,1-4H3/t15-,21?/m0/s1. The van der Waals surface area contributed by atoms with E-state index in [2.05, 4.69) is 0 Å². The van der Waals surface area contributed by atoms with Gasteiger partial charge >= 0.3 is 6.09 Å². The third kappa shape index (κ3) is 3.47. The Labute approximate surface area is 154 Å². The van der Waals surface area contributed by atoms with E-state index < -0.39 is 5.60 Å². The van der Waals surface area contributed by atoms with Crippen molar-refractivity contribution >= 4 is 6.09 Å². The molecule has 3 rings (SSSR count). The number of carbonyl (C=O) groups excluding carboxylic acids is 1. The van der Waals surface area contributed by atoms with Gasteiger partial charge in [0, 0.05) is 13.0 Å². The lowest BCUT2D eigenvalue weighted by molar-refractivity contribution is -0.0491. The van der Waals surface area contributed by atoms with Gasteiger partial charge < -0.3 is 19.1 Å². The van der Waals surface area contributed by atoms with Crippen molar-refractivity contribution in [3.05, 3.63) is 59.7 Å². The number of amides is 1. The van der Waals surface area contributed by atoms with E-state index in [1.807, 2.05) is 62.4 Å². The number of carbonyl (C=O) groups is 1. The van der Waals surface area contributed by atoms with Gasteiger partial charge in [0.2, 0.25) is 0 Å². The molecule has 2 atom stereocenters. The third-order valence-corrected chi connectivity index (χ3v) is 5.14. The molecule has 2 aromatic rings. The van der Waals surface area contributed by atoms with E-state index in [0.717, 1.165) is 29.0 Å². The first-order valence-electron chi connectivity index (χ1n) is 8.75. The summed E-state index contributed by atoms with van der Waals surface area (Å²) in [5, 5.41) is 0. The van der Waals surface area contributed by atoms with Gasteiger partial charge in [-0.25, -0.2) is 4.79 Å². The van der Waals surface area contributed by atoms with Crippen molar-refractivity contribution in [3.63, 3.8) is 0 Å². The maximum Gasteiger partial charge on any atom is 0.411 e. The minimum absolute atomic E-state index is 0.0613. The lowest BCUT2D eigenvalue weighted by Gasteiger charge is -2.41. The molecule has 0 aromatic heterocycles. The van der Waals surface area contributed by atoms with Crippen LogP contribution in [0.15, 0.2) is 48.5 Å². The predicted octanol–water partition coefficient (Wildman–Crippen LogP) is 4.52. The minimum atomic E-state index is -0.626. The maximum atomic E-state index is 12.7. The highest BCUT2D eigenvalue weighted by Crippen LogP contribution is 2.37. The molecule has 0 aliphatic carbocycles. The van der Waals surface area contributed by atoms with Crippen LogP contribution in [-0.4, -0.2) is 31.8 Å². The van der Waals surface area contributed by atoms with Gasteiger partial charge in [-0.05, 0) is 49.2 Å². The summed E-state index contributed by atoms with van der Waals surface area (Å²) >= 11 is 0. The second-order valence-electron chi connectivity index (χ2n) is 6.72. The molecule has 1 aliphatic rings. The molecule has 1 unspecified atom stereocenters. The van der Waals surface area contributed by atoms with Gasteiger partial charge in [0.1, 0.15) is 17.1 Å². The molecular weight excluding hydrogens is 330 g/mol. The molecule has 0 radical (unpaired) electrons. The first-order chi connectivity index (χ1) is 12.5. The lowest BCUT2D eigenvalue weighted by atomic mass is 9.90. The summed E-state index contributed by atoms with van der Waals surface area (Å²) in [4.78, 5) is 14.5. The van der Waals surface area contributed by atoms with Crippen LogP contribution in [0, 0.1) is 0 Å². The summed E-state index contributed by atoms with van der Waals surface area (Å²) < 4.78 is 16.2. The Hall–Kier alpha value is -2.69. The first kappa shape index (κ1) is 18.1. The Balaban J connectivity index is 1.73. The van der Waals surface area contributed by atoms with Crippen LogP contribution in [0.5, 0.6) is 11.5 Å². The molecule has 1 amide bonds. The summed E-state index contributed by atoms with van der Waals surface area (Å²) in [7, 11) is 3.27. The second kappa shape index (κ2) is 7.28. The van der Waals surface area contributed by atoms with Crippen molar-refractivity contribution in [2.45, 2.75) is 31.9 Å². The van der Waals surface area contributed by atoms with Gasteiger partial charge in [-0.15, -0.1) is 0 Å². The molecule has 26 heavy (non-hydrogen) atoms. The van der Waals surface area contributed by atoms with Crippen molar-refractivity contribution in [1.29, 1.82) is 0 Å². The Morgan fingerprint density at radius 1 is 1.00 bits per heavy atom. The summed E-state index contributed by atoms with van der Waals surface area (Å²) in [6, 6.07) is 15.4. The highest BCUT2D eigenvalue weighted by molar-refractivity contribution is 5.70. The Morgan fingerprint density at radius 3 is 2.04 bits per heavy atom. The van der Waals surface area contributed by atoms with Crippen LogP contribution in [0.2, 0.25) is 0 Å². The van der Waals surface area contributed by atoms with E-state index in [-0.39, 0.29) is 12.1 Å². The second-order valence-corrected chi connectivity index (χ2v) is 6.72. The van der Waals surface area contributed by atoms with Crippen LogP contribution < -0.4 is 9.47 Å². The fraction of sp³-hybridized carbons (Fsp3) is 0.381. The maximum absolute atomic E-state index is 12.7. The van der Waals surface area contributed by atoms with Crippen LogP contribution in [0.4, 0.5) is 4.79 Å². The minimum Gasteiger partial charge on any atom is -0.497 e. The number of rotatable bonds is 5. The Kier molecular flexibility index (Phi) is 5.07. The number of nitrogens with zero attached hydrogens (tertiary/aromatic N) is 1. The van der Waals surface area contributed by atoms with E-state index in [1.54, 1.807) is 19.1 Å². The number of hydrogen-bond acceptors (Lipinski definition) is 4. The van der Waals surface area contributed by atoms with E-state index in [0.29, 0.717) is 6.54 Å². The van der Waals surface area contributed by atoms with Gasteiger partial charge in [-0.2, -0.15) is 0 Å². The summed E-state index contributed by atoms with van der Waals surface area (Å²) in [6.07, 6.45) is 0.434. The zero-order chi connectivity index (χ0) is 18.7. The molecular formula is C21H25NO4. The monoisotopic (exact) mass is 355 g/mol. The van der Waals surface area contributed by atoms with Gasteiger partial charge in [0.25, 0.3) is 0 Å². The highest BCUT2D eigenvalue weighted by atomic mass is 16.6. The number of cyclic esters (lactones) is 1. The van der Waals surface area contributed by atoms with Crippen molar-refractivity contribution in [3.8, 4) is 11.5 Å². The quantitative estimate of drug-likeness (QED) is 0.791.